The number of hydrogen-bond acceptors (Lipinski definition) is 3. The molecule has 1 aliphatic carbocycles. The van der Waals surface area contributed by atoms with Gasteiger partial charge in [-0.3, -0.25) is 0 Å². The SMILES string of the molecule is CCOC1=CC=CC(/C(N)=C/S)C1. The second kappa shape index (κ2) is 5.02. The minimum atomic E-state index is 0.240. The maximum atomic E-state index is 5.76. The van der Waals surface area contributed by atoms with E-state index >= 15 is 0 Å². The molecule has 0 radical (unpaired) electrons. The van der Waals surface area contributed by atoms with Crippen molar-refractivity contribution >= 4 is 12.6 Å². The Labute approximate surface area is 84.6 Å². The zero-order valence-electron chi connectivity index (χ0n) is 7.73. The number of hydrogen-bond donors (Lipinski definition) is 2. The molecule has 0 heterocycles. The fourth-order valence-electron chi connectivity index (χ4n) is 1.27. The van der Waals surface area contributed by atoms with Crippen molar-refractivity contribution in [3.8, 4) is 0 Å². The highest BCUT2D eigenvalue weighted by Crippen LogP contribution is 2.23. The molecule has 0 saturated heterocycles. The van der Waals surface area contributed by atoms with E-state index in [0.29, 0.717) is 6.61 Å². The Morgan fingerprint density at radius 1 is 1.85 bits per heavy atom. The summed E-state index contributed by atoms with van der Waals surface area (Å²) in [6.45, 7) is 2.68. The summed E-state index contributed by atoms with van der Waals surface area (Å²) in [5, 5.41) is 1.64. The number of ether oxygens (including phenoxy) is 1. The molecule has 0 aromatic heterocycles. The topological polar surface area (TPSA) is 35.2 Å². The lowest BCUT2D eigenvalue weighted by Gasteiger charge is -2.18. The number of thiol groups is 1. The van der Waals surface area contributed by atoms with Crippen LogP contribution in [0.3, 0.4) is 0 Å². The fraction of sp³-hybridized carbons (Fsp3) is 0.400. The van der Waals surface area contributed by atoms with Crippen LogP contribution in [0.15, 0.2) is 35.1 Å². The van der Waals surface area contributed by atoms with Gasteiger partial charge in [-0.1, -0.05) is 12.2 Å². The molecule has 0 aromatic carbocycles. The highest BCUT2D eigenvalue weighted by molar-refractivity contribution is 7.83. The van der Waals surface area contributed by atoms with Gasteiger partial charge < -0.3 is 10.5 Å². The van der Waals surface area contributed by atoms with Crippen LogP contribution in [-0.2, 0) is 4.74 Å². The van der Waals surface area contributed by atoms with Gasteiger partial charge in [-0.25, -0.2) is 0 Å². The van der Waals surface area contributed by atoms with Crippen molar-refractivity contribution in [3.63, 3.8) is 0 Å². The number of allylic oxidation sites excluding steroid dienone is 4. The molecule has 2 nitrogen and oxygen atoms in total. The Bertz CT molecular complexity index is 256. The molecule has 72 valence electrons. The van der Waals surface area contributed by atoms with Crippen molar-refractivity contribution in [2.45, 2.75) is 13.3 Å². The maximum Gasteiger partial charge on any atom is 0.0969 e. The first kappa shape index (κ1) is 10.3. The predicted octanol–water partition coefficient (Wildman–Crippen LogP) is 2.21. The Balaban J connectivity index is 2.59. The third-order valence-corrected chi connectivity index (χ3v) is 2.25. The summed E-state index contributed by atoms with van der Waals surface area (Å²) in [4.78, 5) is 0. The highest BCUT2D eigenvalue weighted by Gasteiger charge is 2.13. The highest BCUT2D eigenvalue weighted by atomic mass is 32.1. The maximum absolute atomic E-state index is 5.76. The second-order valence-electron chi connectivity index (χ2n) is 2.89. The van der Waals surface area contributed by atoms with Crippen LogP contribution in [0.2, 0.25) is 0 Å². The van der Waals surface area contributed by atoms with Gasteiger partial charge >= 0.3 is 0 Å². The quantitative estimate of drug-likeness (QED) is 0.680. The van der Waals surface area contributed by atoms with E-state index in [2.05, 4.69) is 18.7 Å². The fourth-order valence-corrected chi connectivity index (χ4v) is 1.46. The summed E-state index contributed by atoms with van der Waals surface area (Å²) in [7, 11) is 0. The summed E-state index contributed by atoms with van der Waals surface area (Å²) in [5.74, 6) is 1.23. The lowest BCUT2D eigenvalue weighted by molar-refractivity contribution is 0.212. The third kappa shape index (κ3) is 2.84. The van der Waals surface area contributed by atoms with Gasteiger partial charge in [0.25, 0.3) is 0 Å². The van der Waals surface area contributed by atoms with Gasteiger partial charge in [-0.15, -0.1) is 12.6 Å². The van der Waals surface area contributed by atoms with Crippen LogP contribution in [0.25, 0.3) is 0 Å². The molecule has 0 saturated carbocycles. The zero-order chi connectivity index (χ0) is 9.68. The third-order valence-electron chi connectivity index (χ3n) is 1.95. The minimum Gasteiger partial charge on any atom is -0.498 e. The zero-order valence-corrected chi connectivity index (χ0v) is 8.63. The molecule has 1 atom stereocenters. The van der Waals surface area contributed by atoms with E-state index in [0.717, 1.165) is 17.9 Å². The average molecular weight is 197 g/mol. The monoisotopic (exact) mass is 197 g/mol. The molecule has 1 unspecified atom stereocenters. The summed E-state index contributed by atoms with van der Waals surface area (Å²) < 4.78 is 5.41. The Morgan fingerprint density at radius 2 is 2.62 bits per heavy atom. The van der Waals surface area contributed by atoms with Crippen molar-refractivity contribution < 1.29 is 4.74 Å². The van der Waals surface area contributed by atoms with Crippen LogP contribution >= 0.6 is 12.6 Å². The summed E-state index contributed by atoms with van der Waals surface area (Å²) >= 11 is 4.03. The smallest absolute Gasteiger partial charge is 0.0969 e. The molecular formula is C10H15NOS. The molecule has 3 heteroatoms. The molecule has 0 aliphatic heterocycles. The van der Waals surface area contributed by atoms with Gasteiger partial charge in [-0.05, 0) is 18.4 Å². The molecule has 0 bridgehead atoms. The van der Waals surface area contributed by atoms with Crippen molar-refractivity contribution in [1.29, 1.82) is 0 Å². The van der Waals surface area contributed by atoms with Gasteiger partial charge in [-0.2, -0.15) is 0 Å². The van der Waals surface area contributed by atoms with Gasteiger partial charge in [0.05, 0.1) is 12.4 Å². The van der Waals surface area contributed by atoms with Gasteiger partial charge in [0.2, 0.25) is 0 Å². The molecule has 1 aliphatic rings. The predicted molar refractivity (Wildman–Crippen MR) is 58.2 cm³/mol. The lowest BCUT2D eigenvalue weighted by Crippen LogP contribution is -2.13. The van der Waals surface area contributed by atoms with Gasteiger partial charge in [0, 0.05) is 18.0 Å². The molecule has 0 fully saturated rings. The molecule has 0 amide bonds. The van der Waals surface area contributed by atoms with Crippen molar-refractivity contribution in [1.82, 2.24) is 0 Å². The van der Waals surface area contributed by atoms with Crippen molar-refractivity contribution in [2.24, 2.45) is 11.7 Å². The van der Waals surface area contributed by atoms with Crippen LogP contribution in [-0.4, -0.2) is 6.61 Å². The van der Waals surface area contributed by atoms with Gasteiger partial charge in [0.1, 0.15) is 0 Å². The normalized spacial score (nSPS) is 22.8. The Kier molecular flexibility index (Phi) is 3.96. The lowest BCUT2D eigenvalue weighted by atomic mass is 9.97. The van der Waals surface area contributed by atoms with E-state index < -0.39 is 0 Å². The first-order chi connectivity index (χ1) is 6.27. The first-order valence-electron chi connectivity index (χ1n) is 4.37. The van der Waals surface area contributed by atoms with E-state index in [4.69, 9.17) is 10.5 Å². The molecule has 0 spiro atoms. The van der Waals surface area contributed by atoms with E-state index in [1.807, 2.05) is 19.1 Å². The van der Waals surface area contributed by atoms with E-state index in [9.17, 15) is 0 Å². The summed E-state index contributed by atoms with van der Waals surface area (Å²) in [6.07, 6.45) is 6.85. The minimum absolute atomic E-state index is 0.240. The molecule has 1 rings (SSSR count). The Morgan fingerprint density at radius 3 is 3.23 bits per heavy atom. The molecular weight excluding hydrogens is 182 g/mol. The van der Waals surface area contributed by atoms with E-state index in [1.54, 1.807) is 5.41 Å². The standard InChI is InChI=1S/C10H15NOS/c1-2-12-9-5-3-4-8(6-9)10(11)7-13/h3-5,7-8,13H,2,6,11H2,1H3/b10-7-. The Hall–Kier alpha value is -0.830. The van der Waals surface area contributed by atoms with Crippen LogP contribution in [0, 0.1) is 5.92 Å². The summed E-state index contributed by atoms with van der Waals surface area (Å²) in [6, 6.07) is 0. The number of rotatable bonds is 3. The number of nitrogens with two attached hydrogens (primary N) is 1. The average Bonchev–Trinajstić information content (AvgIpc) is 2.18. The summed E-state index contributed by atoms with van der Waals surface area (Å²) in [5.41, 5.74) is 6.54. The largest absolute Gasteiger partial charge is 0.498 e. The van der Waals surface area contributed by atoms with Crippen LogP contribution < -0.4 is 5.73 Å². The molecule has 2 N–H and O–H groups in total. The second-order valence-corrected chi connectivity index (χ2v) is 3.15. The van der Waals surface area contributed by atoms with Crippen LogP contribution in [0.1, 0.15) is 13.3 Å². The van der Waals surface area contributed by atoms with E-state index in [1.165, 1.54) is 0 Å². The molecule has 13 heavy (non-hydrogen) atoms. The van der Waals surface area contributed by atoms with Gasteiger partial charge in [0.15, 0.2) is 0 Å². The van der Waals surface area contributed by atoms with Crippen LogP contribution in [0.4, 0.5) is 0 Å². The van der Waals surface area contributed by atoms with Crippen LogP contribution in [0.5, 0.6) is 0 Å². The molecule has 0 aromatic rings. The van der Waals surface area contributed by atoms with Crippen molar-refractivity contribution in [2.75, 3.05) is 6.61 Å². The first-order valence-corrected chi connectivity index (χ1v) is 4.89. The van der Waals surface area contributed by atoms with Crippen molar-refractivity contribution in [3.05, 3.63) is 35.1 Å². The van der Waals surface area contributed by atoms with E-state index in [-0.39, 0.29) is 5.92 Å².